The normalized spacial score (nSPS) is 11.4. The highest BCUT2D eigenvalue weighted by Gasteiger charge is 2.01. The van der Waals surface area contributed by atoms with Crippen LogP contribution in [0.2, 0.25) is 0 Å². The van der Waals surface area contributed by atoms with Gasteiger partial charge in [-0.15, -0.1) is 0 Å². The molecule has 0 fully saturated rings. The zero-order valence-corrected chi connectivity index (χ0v) is 15.5. The summed E-state index contributed by atoms with van der Waals surface area (Å²) in [5, 5.41) is 6.49. The number of aliphatic imine (C=N–C) groups is 1. The van der Waals surface area contributed by atoms with Crippen LogP contribution >= 0.6 is 0 Å². The Bertz CT molecular complexity index is 483. The molecule has 0 atom stereocenters. The second-order valence-corrected chi connectivity index (χ2v) is 5.21. The highest BCUT2D eigenvalue weighted by Crippen LogP contribution is 2.17. The minimum absolute atomic E-state index is 0.558. The maximum absolute atomic E-state index is 5.71. The molecule has 0 amide bonds. The third kappa shape index (κ3) is 10.6. The first-order valence-electron chi connectivity index (χ1n) is 8.64. The predicted octanol–water partition coefficient (Wildman–Crippen LogP) is 2.14. The van der Waals surface area contributed by atoms with Crippen LogP contribution in [0.15, 0.2) is 29.3 Å². The monoisotopic (exact) mass is 353 g/mol. The molecule has 0 aliphatic heterocycles. The fraction of sp³-hybridized carbons (Fsp3) is 0.611. The molecule has 0 unspecified atom stereocenters. The first-order valence-corrected chi connectivity index (χ1v) is 8.64. The number of hydrogen-bond donors (Lipinski definition) is 2. The summed E-state index contributed by atoms with van der Waals surface area (Å²) in [6.07, 6.45) is 0.862. The zero-order chi connectivity index (χ0) is 18.2. The van der Waals surface area contributed by atoms with Gasteiger partial charge in [-0.2, -0.15) is 0 Å². The SMILES string of the molecule is CCNC(=NCCOCCOC)Nc1cccc(OCCCOC)c1. The summed E-state index contributed by atoms with van der Waals surface area (Å²) in [5.74, 6) is 1.54. The number of guanidine groups is 1. The quantitative estimate of drug-likeness (QED) is 0.322. The Hall–Kier alpha value is -1.83. The van der Waals surface area contributed by atoms with Crippen LogP contribution < -0.4 is 15.4 Å². The number of hydrogen-bond acceptors (Lipinski definition) is 5. The third-order valence-electron chi connectivity index (χ3n) is 3.14. The topological polar surface area (TPSA) is 73.3 Å². The van der Waals surface area contributed by atoms with Gasteiger partial charge in [0.2, 0.25) is 0 Å². The van der Waals surface area contributed by atoms with E-state index in [0.29, 0.717) is 39.6 Å². The van der Waals surface area contributed by atoms with Crippen molar-refractivity contribution in [2.24, 2.45) is 4.99 Å². The molecule has 0 spiro atoms. The smallest absolute Gasteiger partial charge is 0.195 e. The molecule has 1 rings (SSSR count). The molecular formula is C18H31N3O4. The minimum atomic E-state index is 0.558. The Morgan fingerprint density at radius 1 is 1.04 bits per heavy atom. The fourth-order valence-electron chi connectivity index (χ4n) is 1.97. The van der Waals surface area contributed by atoms with Gasteiger partial charge in [0, 0.05) is 45.5 Å². The summed E-state index contributed by atoms with van der Waals surface area (Å²) in [4.78, 5) is 4.49. The number of ether oxygens (including phenoxy) is 4. The van der Waals surface area contributed by atoms with Crippen LogP contribution in [-0.4, -0.2) is 66.3 Å². The molecular weight excluding hydrogens is 322 g/mol. The van der Waals surface area contributed by atoms with Crippen molar-refractivity contribution in [3.05, 3.63) is 24.3 Å². The molecule has 25 heavy (non-hydrogen) atoms. The van der Waals surface area contributed by atoms with Gasteiger partial charge < -0.3 is 29.6 Å². The Morgan fingerprint density at radius 2 is 1.88 bits per heavy atom. The van der Waals surface area contributed by atoms with Gasteiger partial charge in [-0.1, -0.05) is 6.07 Å². The van der Waals surface area contributed by atoms with Crippen molar-refractivity contribution in [1.29, 1.82) is 0 Å². The molecule has 0 saturated carbocycles. The lowest BCUT2D eigenvalue weighted by Crippen LogP contribution is -2.31. The van der Waals surface area contributed by atoms with E-state index in [-0.39, 0.29) is 0 Å². The molecule has 1 aromatic rings. The zero-order valence-electron chi connectivity index (χ0n) is 15.5. The number of methoxy groups -OCH3 is 2. The summed E-state index contributed by atoms with van der Waals surface area (Å²) in [6, 6.07) is 7.82. The van der Waals surface area contributed by atoms with Crippen molar-refractivity contribution in [3.63, 3.8) is 0 Å². The first kappa shape index (κ1) is 21.2. The van der Waals surface area contributed by atoms with E-state index in [1.54, 1.807) is 14.2 Å². The molecule has 0 saturated heterocycles. The molecule has 0 aromatic heterocycles. The summed E-state index contributed by atoms with van der Waals surface area (Å²) >= 11 is 0. The van der Waals surface area contributed by atoms with Gasteiger partial charge >= 0.3 is 0 Å². The number of benzene rings is 1. The van der Waals surface area contributed by atoms with Gasteiger partial charge in [-0.3, -0.25) is 4.99 Å². The van der Waals surface area contributed by atoms with E-state index in [4.69, 9.17) is 18.9 Å². The van der Waals surface area contributed by atoms with Crippen LogP contribution in [0.4, 0.5) is 5.69 Å². The molecule has 0 heterocycles. The van der Waals surface area contributed by atoms with Crippen LogP contribution in [0.3, 0.4) is 0 Å². The lowest BCUT2D eigenvalue weighted by Gasteiger charge is -2.13. The highest BCUT2D eigenvalue weighted by atomic mass is 16.5. The Labute approximate surface area is 150 Å². The predicted molar refractivity (Wildman–Crippen MR) is 101 cm³/mol. The molecule has 0 bridgehead atoms. The van der Waals surface area contributed by atoms with Gasteiger partial charge in [0.15, 0.2) is 5.96 Å². The summed E-state index contributed by atoms with van der Waals surface area (Å²) in [7, 11) is 3.35. The molecule has 142 valence electrons. The van der Waals surface area contributed by atoms with E-state index in [1.165, 1.54) is 0 Å². The molecule has 0 radical (unpaired) electrons. The summed E-state index contributed by atoms with van der Waals surface area (Å²) in [6.45, 7) is 6.45. The highest BCUT2D eigenvalue weighted by molar-refractivity contribution is 5.93. The molecule has 7 nitrogen and oxygen atoms in total. The second kappa shape index (κ2) is 14.5. The Morgan fingerprint density at radius 3 is 2.64 bits per heavy atom. The molecule has 0 aliphatic rings. The van der Waals surface area contributed by atoms with Crippen molar-refractivity contribution in [2.75, 3.05) is 65.7 Å². The van der Waals surface area contributed by atoms with Crippen LogP contribution in [0.1, 0.15) is 13.3 Å². The maximum atomic E-state index is 5.71. The first-order chi connectivity index (χ1) is 12.3. The summed E-state index contributed by atoms with van der Waals surface area (Å²) in [5.41, 5.74) is 0.921. The molecule has 2 N–H and O–H groups in total. The van der Waals surface area contributed by atoms with Gasteiger partial charge in [-0.05, 0) is 19.1 Å². The lowest BCUT2D eigenvalue weighted by atomic mass is 10.3. The Balaban J connectivity index is 2.47. The van der Waals surface area contributed by atoms with Crippen molar-refractivity contribution >= 4 is 11.6 Å². The van der Waals surface area contributed by atoms with Gasteiger partial charge in [0.05, 0.1) is 33.0 Å². The number of nitrogens with zero attached hydrogens (tertiary/aromatic N) is 1. The standard InChI is InChI=1S/C18H31N3O4/c1-4-19-18(20-9-12-24-14-13-23-3)21-16-7-5-8-17(15-16)25-11-6-10-22-2/h5,7-8,15H,4,6,9-14H2,1-3H3,(H2,19,20,21). The fourth-order valence-corrected chi connectivity index (χ4v) is 1.97. The minimum Gasteiger partial charge on any atom is -0.493 e. The maximum Gasteiger partial charge on any atom is 0.195 e. The molecule has 0 aliphatic carbocycles. The largest absolute Gasteiger partial charge is 0.493 e. The molecule has 1 aromatic carbocycles. The van der Waals surface area contributed by atoms with E-state index in [1.807, 2.05) is 31.2 Å². The van der Waals surface area contributed by atoms with E-state index < -0.39 is 0 Å². The molecule has 7 heteroatoms. The average Bonchev–Trinajstić information content (AvgIpc) is 2.62. The Kier molecular flexibility index (Phi) is 12.3. The van der Waals surface area contributed by atoms with E-state index in [0.717, 1.165) is 30.4 Å². The van der Waals surface area contributed by atoms with Gasteiger partial charge in [-0.25, -0.2) is 0 Å². The average molecular weight is 353 g/mol. The van der Waals surface area contributed by atoms with Crippen LogP contribution in [0, 0.1) is 0 Å². The van der Waals surface area contributed by atoms with Crippen LogP contribution in [0.25, 0.3) is 0 Å². The number of anilines is 1. The van der Waals surface area contributed by atoms with E-state index in [2.05, 4.69) is 15.6 Å². The van der Waals surface area contributed by atoms with E-state index >= 15 is 0 Å². The summed E-state index contributed by atoms with van der Waals surface area (Å²) < 4.78 is 21.1. The van der Waals surface area contributed by atoms with Crippen molar-refractivity contribution in [3.8, 4) is 5.75 Å². The number of nitrogens with one attached hydrogen (secondary N) is 2. The van der Waals surface area contributed by atoms with Crippen LogP contribution in [0.5, 0.6) is 5.75 Å². The van der Waals surface area contributed by atoms with Crippen molar-refractivity contribution < 1.29 is 18.9 Å². The van der Waals surface area contributed by atoms with Gasteiger partial charge in [0.25, 0.3) is 0 Å². The number of rotatable bonds is 13. The second-order valence-electron chi connectivity index (χ2n) is 5.21. The van der Waals surface area contributed by atoms with Crippen molar-refractivity contribution in [1.82, 2.24) is 5.32 Å². The van der Waals surface area contributed by atoms with Crippen molar-refractivity contribution in [2.45, 2.75) is 13.3 Å². The van der Waals surface area contributed by atoms with Gasteiger partial charge in [0.1, 0.15) is 5.75 Å². The van der Waals surface area contributed by atoms with E-state index in [9.17, 15) is 0 Å². The van der Waals surface area contributed by atoms with Crippen LogP contribution in [-0.2, 0) is 14.2 Å². The lowest BCUT2D eigenvalue weighted by molar-refractivity contribution is 0.0748. The third-order valence-corrected chi connectivity index (χ3v) is 3.14.